The molecule has 0 radical (unpaired) electrons. The van der Waals surface area contributed by atoms with Gasteiger partial charge in [0.05, 0.1) is 18.6 Å². The van der Waals surface area contributed by atoms with Gasteiger partial charge in [-0.25, -0.2) is 0 Å². The summed E-state index contributed by atoms with van der Waals surface area (Å²) >= 11 is 0. The molecule has 0 aliphatic rings. The Bertz CT molecular complexity index is 409. The molecule has 1 N–H and O–H groups in total. The number of carboxylic acids is 1. The van der Waals surface area contributed by atoms with Crippen LogP contribution in [-0.4, -0.2) is 31.4 Å². The van der Waals surface area contributed by atoms with Gasteiger partial charge in [-0.05, 0) is 50.8 Å². The molecule has 1 aromatic carbocycles. The van der Waals surface area contributed by atoms with Crippen molar-refractivity contribution in [3.8, 4) is 5.75 Å². The summed E-state index contributed by atoms with van der Waals surface area (Å²) < 4.78 is 10.6. The molecule has 0 spiro atoms. The Balaban J connectivity index is 2.30. The third kappa shape index (κ3) is 5.61. The van der Waals surface area contributed by atoms with Crippen LogP contribution >= 0.6 is 0 Å². The molecule has 4 nitrogen and oxygen atoms in total. The first-order valence-corrected chi connectivity index (χ1v) is 6.90. The lowest BCUT2D eigenvalue weighted by atomic mass is 9.88. The number of methoxy groups -OCH3 is 1. The van der Waals surface area contributed by atoms with E-state index in [1.165, 1.54) is 5.56 Å². The van der Waals surface area contributed by atoms with E-state index < -0.39 is 11.4 Å². The van der Waals surface area contributed by atoms with Gasteiger partial charge >= 0.3 is 5.97 Å². The summed E-state index contributed by atoms with van der Waals surface area (Å²) in [5.41, 5.74) is 0.527. The molecule has 0 aliphatic carbocycles. The average Bonchev–Trinajstić information content (AvgIpc) is 2.42. The molecule has 0 aromatic heterocycles. The predicted octanol–water partition coefficient (Wildman–Crippen LogP) is 3.15. The molecular weight excluding hydrogens is 256 g/mol. The summed E-state index contributed by atoms with van der Waals surface area (Å²) in [4.78, 5) is 11.0. The third-order valence-corrected chi connectivity index (χ3v) is 3.31. The number of carbonyl (C=O) groups is 1. The standard InChI is InChI=1S/C16H24O4/c1-16(2,15(17)18)10-4-11-20-14-7-5-13(6-8-14)9-12-19-3/h5-8H,4,9-12H2,1-3H3,(H,17,18). The van der Waals surface area contributed by atoms with Crippen molar-refractivity contribution in [2.75, 3.05) is 20.3 Å². The van der Waals surface area contributed by atoms with Crippen LogP contribution < -0.4 is 4.74 Å². The number of carboxylic acid groups (broad SMARTS) is 1. The van der Waals surface area contributed by atoms with Crippen molar-refractivity contribution in [1.29, 1.82) is 0 Å². The Morgan fingerprint density at radius 3 is 2.40 bits per heavy atom. The fourth-order valence-electron chi connectivity index (χ4n) is 1.78. The van der Waals surface area contributed by atoms with Crippen LogP contribution in [0.2, 0.25) is 0 Å². The van der Waals surface area contributed by atoms with Gasteiger partial charge in [0.15, 0.2) is 0 Å². The summed E-state index contributed by atoms with van der Waals surface area (Å²) in [6, 6.07) is 7.92. The summed E-state index contributed by atoms with van der Waals surface area (Å²) in [6.07, 6.45) is 2.22. The predicted molar refractivity (Wildman–Crippen MR) is 78.2 cm³/mol. The molecular formula is C16H24O4. The normalized spacial score (nSPS) is 11.3. The topological polar surface area (TPSA) is 55.8 Å². The average molecular weight is 280 g/mol. The van der Waals surface area contributed by atoms with Crippen molar-refractivity contribution in [2.24, 2.45) is 5.41 Å². The molecule has 1 rings (SSSR count). The van der Waals surface area contributed by atoms with Crippen LogP contribution in [0.3, 0.4) is 0 Å². The second-order valence-corrected chi connectivity index (χ2v) is 5.53. The summed E-state index contributed by atoms with van der Waals surface area (Å²) in [5.74, 6) is 0.0549. The fraction of sp³-hybridized carbons (Fsp3) is 0.562. The monoisotopic (exact) mass is 280 g/mol. The first-order valence-electron chi connectivity index (χ1n) is 6.90. The zero-order chi connectivity index (χ0) is 15.0. The molecule has 0 saturated carbocycles. The van der Waals surface area contributed by atoms with Gasteiger partial charge in [-0.2, -0.15) is 0 Å². The van der Waals surface area contributed by atoms with E-state index >= 15 is 0 Å². The number of benzene rings is 1. The minimum atomic E-state index is -0.764. The first-order chi connectivity index (χ1) is 9.45. The van der Waals surface area contributed by atoms with Crippen LogP contribution in [0.25, 0.3) is 0 Å². The number of rotatable bonds is 9. The van der Waals surface area contributed by atoms with E-state index in [2.05, 4.69) is 0 Å². The van der Waals surface area contributed by atoms with E-state index in [0.717, 1.165) is 18.6 Å². The van der Waals surface area contributed by atoms with Crippen molar-refractivity contribution in [1.82, 2.24) is 0 Å². The molecule has 0 amide bonds. The smallest absolute Gasteiger partial charge is 0.309 e. The number of aliphatic carboxylic acids is 1. The van der Waals surface area contributed by atoms with E-state index in [0.29, 0.717) is 19.6 Å². The molecule has 0 unspecified atom stereocenters. The maximum absolute atomic E-state index is 11.0. The lowest BCUT2D eigenvalue weighted by molar-refractivity contribution is -0.147. The van der Waals surface area contributed by atoms with Crippen LogP contribution in [0, 0.1) is 5.41 Å². The minimum Gasteiger partial charge on any atom is -0.494 e. The fourth-order valence-corrected chi connectivity index (χ4v) is 1.78. The molecule has 20 heavy (non-hydrogen) atoms. The Labute approximate surface area is 120 Å². The molecule has 0 bridgehead atoms. The van der Waals surface area contributed by atoms with E-state index in [-0.39, 0.29) is 0 Å². The zero-order valence-corrected chi connectivity index (χ0v) is 12.5. The van der Waals surface area contributed by atoms with E-state index in [1.54, 1.807) is 21.0 Å². The second kappa shape index (κ2) is 7.90. The molecule has 112 valence electrons. The lowest BCUT2D eigenvalue weighted by Gasteiger charge is -2.18. The summed E-state index contributed by atoms with van der Waals surface area (Å²) in [5, 5.41) is 9.01. The quantitative estimate of drug-likeness (QED) is 0.706. The van der Waals surface area contributed by atoms with Gasteiger partial charge in [-0.3, -0.25) is 4.79 Å². The van der Waals surface area contributed by atoms with Gasteiger partial charge in [-0.15, -0.1) is 0 Å². The molecule has 0 fully saturated rings. The van der Waals surface area contributed by atoms with Crippen molar-refractivity contribution >= 4 is 5.97 Å². The van der Waals surface area contributed by atoms with Crippen LogP contribution in [-0.2, 0) is 16.0 Å². The van der Waals surface area contributed by atoms with E-state index in [1.807, 2.05) is 24.3 Å². The summed E-state index contributed by atoms with van der Waals surface area (Å²) in [7, 11) is 1.69. The van der Waals surface area contributed by atoms with E-state index in [9.17, 15) is 4.79 Å². The first kappa shape index (κ1) is 16.5. The largest absolute Gasteiger partial charge is 0.494 e. The highest BCUT2D eigenvalue weighted by Crippen LogP contribution is 2.22. The number of hydrogen-bond acceptors (Lipinski definition) is 3. The molecule has 0 heterocycles. The van der Waals surface area contributed by atoms with Crippen molar-refractivity contribution in [3.63, 3.8) is 0 Å². The molecule has 0 saturated heterocycles. The van der Waals surface area contributed by atoms with Gasteiger partial charge in [0.25, 0.3) is 0 Å². The lowest BCUT2D eigenvalue weighted by Crippen LogP contribution is -2.24. The van der Waals surface area contributed by atoms with E-state index in [4.69, 9.17) is 14.6 Å². The van der Waals surface area contributed by atoms with Crippen LogP contribution in [0.5, 0.6) is 5.75 Å². The van der Waals surface area contributed by atoms with Gasteiger partial charge in [-0.1, -0.05) is 12.1 Å². The van der Waals surface area contributed by atoms with Gasteiger partial charge in [0.2, 0.25) is 0 Å². The van der Waals surface area contributed by atoms with Crippen LogP contribution in [0.1, 0.15) is 32.3 Å². The SMILES string of the molecule is COCCc1ccc(OCCCC(C)(C)C(=O)O)cc1. The van der Waals surface area contributed by atoms with Crippen molar-refractivity contribution in [3.05, 3.63) is 29.8 Å². The van der Waals surface area contributed by atoms with Crippen LogP contribution in [0.15, 0.2) is 24.3 Å². The molecule has 0 aliphatic heterocycles. The summed E-state index contributed by atoms with van der Waals surface area (Å²) in [6.45, 7) is 4.72. The highest BCUT2D eigenvalue weighted by atomic mass is 16.5. The number of hydrogen-bond donors (Lipinski definition) is 1. The van der Waals surface area contributed by atoms with Gasteiger partial charge in [0.1, 0.15) is 5.75 Å². The Kier molecular flexibility index (Phi) is 6.52. The Hall–Kier alpha value is -1.55. The van der Waals surface area contributed by atoms with Crippen LogP contribution in [0.4, 0.5) is 0 Å². The molecule has 1 aromatic rings. The maximum Gasteiger partial charge on any atom is 0.309 e. The number of ether oxygens (including phenoxy) is 2. The third-order valence-electron chi connectivity index (χ3n) is 3.31. The molecule has 4 heteroatoms. The zero-order valence-electron chi connectivity index (χ0n) is 12.5. The van der Waals surface area contributed by atoms with Crippen molar-refractivity contribution < 1.29 is 19.4 Å². The second-order valence-electron chi connectivity index (χ2n) is 5.53. The Morgan fingerprint density at radius 1 is 1.20 bits per heavy atom. The van der Waals surface area contributed by atoms with Gasteiger partial charge in [0, 0.05) is 7.11 Å². The highest BCUT2D eigenvalue weighted by molar-refractivity contribution is 5.73. The van der Waals surface area contributed by atoms with Crippen molar-refractivity contribution in [2.45, 2.75) is 33.1 Å². The highest BCUT2D eigenvalue weighted by Gasteiger charge is 2.26. The Morgan fingerprint density at radius 2 is 1.85 bits per heavy atom. The minimum absolute atomic E-state index is 0.536. The molecule has 0 atom stereocenters. The van der Waals surface area contributed by atoms with Gasteiger partial charge < -0.3 is 14.6 Å². The maximum atomic E-state index is 11.0.